The number of ether oxygens (including phenoxy) is 4. The van der Waals surface area contributed by atoms with Gasteiger partial charge in [0, 0.05) is 34.8 Å². The van der Waals surface area contributed by atoms with Crippen LogP contribution in [0.25, 0.3) is 27.8 Å². The molecule has 2 bridgehead atoms. The number of nitrogens with zero attached hydrogens (tertiary/aromatic N) is 1. The van der Waals surface area contributed by atoms with Crippen LogP contribution in [-0.4, -0.2) is 104 Å². The van der Waals surface area contributed by atoms with Crippen molar-refractivity contribution in [3.05, 3.63) is 106 Å². The van der Waals surface area contributed by atoms with Crippen molar-refractivity contribution in [2.24, 2.45) is 0 Å². The number of aromatic hydroxyl groups is 1. The summed E-state index contributed by atoms with van der Waals surface area (Å²) < 4.78 is 25.0. The maximum Gasteiger partial charge on any atom is 0.254 e. The Morgan fingerprint density at radius 3 is 2.60 bits per heavy atom. The number of rotatable bonds is 7. The lowest BCUT2D eigenvalue weighted by Crippen LogP contribution is -2.69. The van der Waals surface area contributed by atoms with E-state index < -0.39 is 54.4 Å². The fourth-order valence-corrected chi connectivity index (χ4v) is 9.02. The minimum Gasteiger partial charge on any atom is -0.506 e. The number of aromatic nitrogens is 1. The largest absolute Gasteiger partial charge is 0.506 e. The molecule has 1 aromatic heterocycles. The van der Waals surface area contributed by atoms with Crippen molar-refractivity contribution in [3.63, 3.8) is 0 Å². The van der Waals surface area contributed by atoms with Gasteiger partial charge in [-0.25, -0.2) is 0 Å². The fourth-order valence-electron chi connectivity index (χ4n) is 9.02. The Morgan fingerprint density at radius 2 is 1.82 bits per heavy atom. The van der Waals surface area contributed by atoms with E-state index in [-0.39, 0.29) is 53.8 Å². The maximum absolute atomic E-state index is 14.6. The molecule has 6 unspecified atom stereocenters. The number of methoxy groups -OCH3 is 1. The number of aliphatic hydroxyl groups excluding tert-OH is 3. The van der Waals surface area contributed by atoms with Crippen LogP contribution in [-0.2, 0) is 16.0 Å². The van der Waals surface area contributed by atoms with E-state index in [0.717, 1.165) is 47.7 Å². The minimum atomic E-state index is -2.54. The number of carbonyl (C=O) groups is 2. The normalized spacial score (nSPS) is 26.3. The molecule has 57 heavy (non-hydrogen) atoms. The molecule has 4 aliphatic rings. The van der Waals surface area contributed by atoms with E-state index >= 15 is 0 Å². The summed E-state index contributed by atoms with van der Waals surface area (Å²) in [5.74, 6) is -0.927. The number of phenolic OH excluding ortho intramolecular Hbond substituents is 1. The summed E-state index contributed by atoms with van der Waals surface area (Å²) in [6.45, 7) is -1.35. The second kappa shape index (κ2) is 14.6. The van der Waals surface area contributed by atoms with Gasteiger partial charge in [-0.3, -0.25) is 9.59 Å². The maximum atomic E-state index is 14.6. The lowest BCUT2D eigenvalue weighted by molar-refractivity contribution is -0.329. The van der Waals surface area contributed by atoms with E-state index in [1.54, 1.807) is 30.4 Å². The van der Waals surface area contributed by atoms with Gasteiger partial charge in [-0.05, 0) is 65.6 Å². The molecule has 1 saturated carbocycles. The highest BCUT2D eigenvalue weighted by molar-refractivity contribution is 6.11. The van der Waals surface area contributed by atoms with Crippen LogP contribution in [0.2, 0.25) is 0 Å². The summed E-state index contributed by atoms with van der Waals surface area (Å²) in [6, 6.07) is 18.5. The number of aliphatic hydroxyl groups is 4. The van der Waals surface area contributed by atoms with Crippen molar-refractivity contribution in [2.45, 2.75) is 74.5 Å². The van der Waals surface area contributed by atoms with Gasteiger partial charge in [0.2, 0.25) is 6.29 Å². The Balaban J connectivity index is 1.24. The van der Waals surface area contributed by atoms with E-state index in [1.165, 1.54) is 12.0 Å². The number of hydrogen-bond donors (Lipinski definition) is 6. The van der Waals surface area contributed by atoms with E-state index in [2.05, 4.69) is 4.98 Å². The third kappa shape index (κ3) is 6.17. The standard InChI is InChI=1S/C44H44N2O11/c1-54-34-17-25-16-29(23-8-2-3-9-23)37(32(48)20-46-19-24-10-4-5-11-26(24)42(46)52)39(50)36(25)40-28(34)14-15-33(30-18-45-31-13-7-6-12-27(30)31)55-21-35-38(49)41(51)44(53,22-47)43(56-35)57-40/h4-7,10-18,23,33,35,38,41,43,45,47,49-51,53H,2-3,8-9,19-22H2,1H3. The quantitative estimate of drug-likeness (QED) is 0.124. The van der Waals surface area contributed by atoms with Crippen molar-refractivity contribution in [1.29, 1.82) is 0 Å². The molecule has 9 rings (SSSR count). The number of para-hydroxylation sites is 1. The zero-order valence-corrected chi connectivity index (χ0v) is 31.3. The molecule has 1 aliphatic carbocycles. The average Bonchev–Trinajstić information content (AvgIpc) is 3.98. The van der Waals surface area contributed by atoms with Crippen LogP contribution in [0.3, 0.4) is 0 Å². The highest BCUT2D eigenvalue weighted by atomic mass is 16.7. The Labute approximate surface area is 327 Å². The first kappa shape index (κ1) is 37.3. The molecule has 2 fully saturated rings. The second-order valence-corrected chi connectivity index (χ2v) is 15.4. The summed E-state index contributed by atoms with van der Waals surface area (Å²) in [4.78, 5) is 32.7. The summed E-state index contributed by atoms with van der Waals surface area (Å²) >= 11 is 0. The van der Waals surface area contributed by atoms with Gasteiger partial charge in [-0.15, -0.1) is 0 Å². The van der Waals surface area contributed by atoms with Crippen LogP contribution in [0.1, 0.15) is 80.7 Å². The van der Waals surface area contributed by atoms with E-state index in [1.807, 2.05) is 48.7 Å². The first-order valence-electron chi connectivity index (χ1n) is 19.3. The van der Waals surface area contributed by atoms with Crippen LogP contribution in [0.5, 0.6) is 17.2 Å². The number of ketones is 1. The smallest absolute Gasteiger partial charge is 0.254 e. The summed E-state index contributed by atoms with van der Waals surface area (Å²) in [5.41, 5.74) is 1.40. The number of hydrogen-bond acceptors (Lipinski definition) is 11. The Bertz CT molecular complexity index is 2420. The van der Waals surface area contributed by atoms with Crippen molar-refractivity contribution in [2.75, 3.05) is 26.9 Å². The zero-order valence-electron chi connectivity index (χ0n) is 31.3. The molecule has 3 aliphatic heterocycles. The summed E-state index contributed by atoms with van der Waals surface area (Å²) in [7, 11) is 1.48. The van der Waals surface area contributed by atoms with Gasteiger partial charge in [0.1, 0.15) is 41.7 Å². The fraction of sp³-hybridized carbons (Fsp3) is 0.364. The molecule has 0 spiro atoms. The number of phenols is 1. The van der Waals surface area contributed by atoms with Crippen molar-refractivity contribution in [3.8, 4) is 17.2 Å². The highest BCUT2D eigenvalue weighted by Gasteiger charge is 2.56. The molecule has 1 saturated heterocycles. The number of carbonyl (C=O) groups excluding carboxylic acids is 2. The van der Waals surface area contributed by atoms with Gasteiger partial charge < -0.3 is 54.4 Å². The van der Waals surface area contributed by atoms with Crippen LogP contribution in [0.15, 0.2) is 72.9 Å². The topological polar surface area (TPSA) is 191 Å². The van der Waals surface area contributed by atoms with E-state index in [4.69, 9.17) is 18.9 Å². The van der Waals surface area contributed by atoms with Gasteiger partial charge in [0.05, 0.1) is 43.4 Å². The third-order valence-corrected chi connectivity index (χ3v) is 12.1. The van der Waals surface area contributed by atoms with Crippen LogP contribution in [0.4, 0.5) is 0 Å². The number of H-pyrrole nitrogens is 1. The van der Waals surface area contributed by atoms with Crippen molar-refractivity contribution < 1.29 is 54.1 Å². The second-order valence-electron chi connectivity index (χ2n) is 15.4. The third-order valence-electron chi connectivity index (χ3n) is 12.1. The Morgan fingerprint density at radius 1 is 1.05 bits per heavy atom. The molecule has 5 aromatic rings. The zero-order chi connectivity index (χ0) is 39.6. The molecule has 13 heteroatoms. The van der Waals surface area contributed by atoms with Crippen LogP contribution in [0, 0.1) is 0 Å². The van der Waals surface area contributed by atoms with E-state index in [0.29, 0.717) is 22.3 Å². The molecule has 13 nitrogen and oxygen atoms in total. The molecule has 4 heterocycles. The monoisotopic (exact) mass is 776 g/mol. The molecule has 1 amide bonds. The van der Waals surface area contributed by atoms with Crippen LogP contribution < -0.4 is 9.47 Å². The van der Waals surface area contributed by atoms with Crippen LogP contribution >= 0.6 is 0 Å². The number of amides is 1. The van der Waals surface area contributed by atoms with E-state index in [9.17, 15) is 35.1 Å². The predicted octanol–water partition coefficient (Wildman–Crippen LogP) is 4.87. The first-order chi connectivity index (χ1) is 27.6. The molecule has 0 radical (unpaired) electrons. The summed E-state index contributed by atoms with van der Waals surface area (Å²) in [6.07, 6.45) is 1.32. The van der Waals surface area contributed by atoms with Gasteiger partial charge in [0.25, 0.3) is 5.91 Å². The molecular formula is C44H44N2O11. The Kier molecular flexibility index (Phi) is 9.55. The summed E-state index contributed by atoms with van der Waals surface area (Å²) in [5, 5.41) is 58.7. The molecule has 296 valence electrons. The number of Topliss-reactive ketones (excluding diaryl/α,β-unsaturated/α-hetero) is 1. The van der Waals surface area contributed by atoms with Gasteiger partial charge in [-0.2, -0.15) is 0 Å². The molecule has 6 atom stereocenters. The average molecular weight is 777 g/mol. The highest BCUT2D eigenvalue weighted by Crippen LogP contribution is 2.50. The first-order valence-corrected chi connectivity index (χ1v) is 19.3. The van der Waals surface area contributed by atoms with Gasteiger partial charge in [-0.1, -0.05) is 55.3 Å². The molecule has 6 N–H and O–H groups in total. The van der Waals surface area contributed by atoms with Crippen molar-refractivity contribution >= 4 is 39.4 Å². The number of nitrogens with one attached hydrogen (secondary N) is 1. The SMILES string of the molecule is COc1cc2cc(C3CCCC3)c(C(=O)CN3Cc4ccccc4C3=O)c(O)c2c2c1C=CC(c1c[nH]c3ccccc13)OCC1OC(O2)C(O)(CO)C(O)C1O. The lowest BCUT2D eigenvalue weighted by Gasteiger charge is -2.47. The van der Waals surface area contributed by atoms with Gasteiger partial charge in [0.15, 0.2) is 11.4 Å². The number of benzene rings is 4. The molecule has 4 aromatic carbocycles. The van der Waals surface area contributed by atoms with Crippen molar-refractivity contribution in [1.82, 2.24) is 9.88 Å². The number of aromatic amines is 1. The predicted molar refractivity (Wildman–Crippen MR) is 208 cm³/mol. The Hall–Kier alpha value is -5.28. The minimum absolute atomic E-state index is 0.0394. The number of fused-ring (bicyclic) bond motifs is 7. The molecular weight excluding hydrogens is 732 g/mol. The lowest BCUT2D eigenvalue weighted by atomic mass is 9.86. The van der Waals surface area contributed by atoms with Gasteiger partial charge >= 0.3 is 0 Å².